The smallest absolute Gasteiger partial charge is 0.309 e. The molecule has 0 aliphatic carbocycles. The predicted octanol–water partition coefficient (Wildman–Crippen LogP) is -0.0200. The highest BCUT2D eigenvalue weighted by molar-refractivity contribution is 7.89. The summed E-state index contributed by atoms with van der Waals surface area (Å²) in [5, 5.41) is 7.15. The molecule has 32 heavy (non-hydrogen) atoms. The number of morpholine rings is 1. The van der Waals surface area contributed by atoms with E-state index in [0.717, 1.165) is 0 Å². The van der Waals surface area contributed by atoms with Gasteiger partial charge in [-0.2, -0.15) is 4.31 Å². The van der Waals surface area contributed by atoms with E-state index in [1.54, 1.807) is 25.1 Å². The summed E-state index contributed by atoms with van der Waals surface area (Å²) in [6, 6.07) is 7.72. The Morgan fingerprint density at radius 2 is 1.78 bits per heavy atom. The third kappa shape index (κ3) is 5.93. The molecule has 1 saturated heterocycles. The SMILES string of the molecule is Cc1ccc(S(=O)(=O)N2CCOCC2)cc1NC(=O)CNC(=O)C(=O)NCc1ccco1. The van der Waals surface area contributed by atoms with Crippen molar-refractivity contribution >= 4 is 33.4 Å². The zero-order chi connectivity index (χ0) is 23.1. The van der Waals surface area contributed by atoms with Gasteiger partial charge >= 0.3 is 11.8 Å². The number of nitrogens with zero attached hydrogens (tertiary/aromatic N) is 1. The largest absolute Gasteiger partial charge is 0.467 e. The second-order valence-corrected chi connectivity index (χ2v) is 8.92. The van der Waals surface area contributed by atoms with Crippen LogP contribution in [0.2, 0.25) is 0 Å². The zero-order valence-corrected chi connectivity index (χ0v) is 18.2. The van der Waals surface area contributed by atoms with Gasteiger partial charge in [0.2, 0.25) is 15.9 Å². The minimum absolute atomic E-state index is 0.0368. The molecule has 0 unspecified atom stereocenters. The molecule has 3 amide bonds. The fourth-order valence-electron chi connectivity index (χ4n) is 2.93. The zero-order valence-electron chi connectivity index (χ0n) is 17.4. The number of ether oxygens (including phenoxy) is 1. The Morgan fingerprint density at radius 3 is 2.47 bits per heavy atom. The van der Waals surface area contributed by atoms with Crippen LogP contribution in [0, 0.1) is 6.92 Å². The molecule has 0 bridgehead atoms. The maximum Gasteiger partial charge on any atom is 0.309 e. The van der Waals surface area contributed by atoms with Gasteiger partial charge in [-0.1, -0.05) is 6.07 Å². The number of benzene rings is 1. The van der Waals surface area contributed by atoms with Crippen LogP contribution >= 0.6 is 0 Å². The van der Waals surface area contributed by atoms with Crippen molar-refractivity contribution in [3.8, 4) is 0 Å². The lowest BCUT2D eigenvalue weighted by Gasteiger charge is -2.26. The molecule has 0 radical (unpaired) electrons. The summed E-state index contributed by atoms with van der Waals surface area (Å²) in [5.74, 6) is -2.02. The van der Waals surface area contributed by atoms with Gasteiger partial charge in [0.05, 0.1) is 37.5 Å². The van der Waals surface area contributed by atoms with Crippen molar-refractivity contribution in [2.45, 2.75) is 18.4 Å². The lowest BCUT2D eigenvalue weighted by Crippen LogP contribution is -2.42. The highest BCUT2D eigenvalue weighted by Crippen LogP contribution is 2.23. The highest BCUT2D eigenvalue weighted by atomic mass is 32.2. The quantitative estimate of drug-likeness (QED) is 0.488. The molecule has 1 aliphatic heterocycles. The van der Waals surface area contributed by atoms with E-state index < -0.39 is 34.3 Å². The Labute approximate surface area is 185 Å². The summed E-state index contributed by atoms with van der Waals surface area (Å²) in [7, 11) is -3.73. The number of rotatable bonds is 7. The number of hydrogen-bond donors (Lipinski definition) is 3. The number of furan rings is 1. The standard InChI is InChI=1S/C20H24N4O7S/c1-14-4-5-16(32(28,29)24-6-9-30-10-7-24)11-17(14)23-18(25)13-22-20(27)19(26)21-12-15-3-2-8-31-15/h2-5,8,11H,6-7,9-10,12-13H2,1H3,(H,21,26)(H,22,27)(H,23,25). The van der Waals surface area contributed by atoms with E-state index >= 15 is 0 Å². The van der Waals surface area contributed by atoms with Crippen molar-refractivity contribution in [2.24, 2.45) is 0 Å². The van der Waals surface area contributed by atoms with Crippen LogP contribution in [-0.4, -0.2) is 63.3 Å². The topological polar surface area (TPSA) is 147 Å². The summed E-state index contributed by atoms with van der Waals surface area (Å²) >= 11 is 0. The second-order valence-electron chi connectivity index (χ2n) is 6.99. The van der Waals surface area contributed by atoms with Gasteiger partial charge in [-0.3, -0.25) is 14.4 Å². The molecule has 0 atom stereocenters. The van der Waals surface area contributed by atoms with Gasteiger partial charge in [0.1, 0.15) is 5.76 Å². The van der Waals surface area contributed by atoms with Gasteiger partial charge in [-0.15, -0.1) is 0 Å². The first-order chi connectivity index (χ1) is 15.3. The number of anilines is 1. The molecular weight excluding hydrogens is 440 g/mol. The number of carbonyl (C=O) groups is 3. The lowest BCUT2D eigenvalue weighted by atomic mass is 10.2. The Hall–Kier alpha value is -3.22. The Bertz CT molecular complexity index is 1080. The van der Waals surface area contributed by atoms with Crippen LogP contribution in [0.1, 0.15) is 11.3 Å². The summed E-state index contributed by atoms with van der Waals surface area (Å²) in [6.07, 6.45) is 1.44. The van der Waals surface area contributed by atoms with Crippen molar-refractivity contribution in [3.05, 3.63) is 47.9 Å². The van der Waals surface area contributed by atoms with Crippen molar-refractivity contribution < 1.29 is 32.0 Å². The second kappa shape index (κ2) is 10.4. The summed E-state index contributed by atoms with van der Waals surface area (Å²) in [6.45, 7) is 2.44. The van der Waals surface area contributed by atoms with E-state index in [9.17, 15) is 22.8 Å². The summed E-state index contributed by atoms with van der Waals surface area (Å²) in [5.41, 5.74) is 0.933. The predicted molar refractivity (Wildman–Crippen MR) is 113 cm³/mol. The minimum Gasteiger partial charge on any atom is -0.467 e. The molecule has 0 saturated carbocycles. The first-order valence-corrected chi connectivity index (χ1v) is 11.3. The van der Waals surface area contributed by atoms with Crippen LogP contribution in [0.25, 0.3) is 0 Å². The minimum atomic E-state index is -3.73. The molecule has 11 nitrogen and oxygen atoms in total. The molecule has 1 aliphatic rings. The van der Waals surface area contributed by atoms with Crippen LogP contribution in [-0.2, 0) is 35.7 Å². The van der Waals surface area contributed by atoms with Gasteiger partial charge in [0.25, 0.3) is 0 Å². The molecular formula is C20H24N4O7S. The normalized spacial score (nSPS) is 14.5. The van der Waals surface area contributed by atoms with Gasteiger partial charge in [0, 0.05) is 18.8 Å². The van der Waals surface area contributed by atoms with Crippen LogP contribution in [0.15, 0.2) is 45.9 Å². The average molecular weight is 465 g/mol. The molecule has 3 N–H and O–H groups in total. The lowest BCUT2D eigenvalue weighted by molar-refractivity contribution is -0.139. The number of aryl methyl sites for hydroxylation is 1. The van der Waals surface area contributed by atoms with Crippen molar-refractivity contribution in [1.82, 2.24) is 14.9 Å². The Kier molecular flexibility index (Phi) is 7.62. The molecule has 2 heterocycles. The van der Waals surface area contributed by atoms with Crippen LogP contribution in [0.4, 0.5) is 5.69 Å². The molecule has 12 heteroatoms. The molecule has 3 rings (SSSR count). The number of amides is 3. The first kappa shape index (κ1) is 23.4. The molecule has 0 spiro atoms. The van der Waals surface area contributed by atoms with Crippen molar-refractivity contribution in [2.75, 3.05) is 38.2 Å². The molecule has 1 aromatic carbocycles. The first-order valence-electron chi connectivity index (χ1n) is 9.84. The third-order valence-electron chi connectivity index (χ3n) is 4.71. The van der Waals surface area contributed by atoms with Crippen molar-refractivity contribution in [3.63, 3.8) is 0 Å². The number of sulfonamides is 1. The van der Waals surface area contributed by atoms with E-state index in [-0.39, 0.29) is 24.5 Å². The number of hydrogen-bond acceptors (Lipinski definition) is 7. The Balaban J connectivity index is 1.55. The maximum atomic E-state index is 12.8. The third-order valence-corrected chi connectivity index (χ3v) is 6.60. The average Bonchev–Trinajstić information content (AvgIpc) is 3.31. The van der Waals surface area contributed by atoms with Crippen LogP contribution in [0.3, 0.4) is 0 Å². The van der Waals surface area contributed by atoms with Crippen molar-refractivity contribution in [1.29, 1.82) is 0 Å². The van der Waals surface area contributed by atoms with Crippen LogP contribution < -0.4 is 16.0 Å². The highest BCUT2D eigenvalue weighted by Gasteiger charge is 2.27. The van der Waals surface area contributed by atoms with E-state index in [4.69, 9.17) is 9.15 Å². The summed E-state index contributed by atoms with van der Waals surface area (Å²) < 4.78 is 37.2. The Morgan fingerprint density at radius 1 is 1.06 bits per heavy atom. The number of carbonyl (C=O) groups excluding carboxylic acids is 3. The van der Waals surface area contributed by atoms with Crippen LogP contribution in [0.5, 0.6) is 0 Å². The van der Waals surface area contributed by atoms with E-state index in [2.05, 4.69) is 16.0 Å². The van der Waals surface area contributed by atoms with Gasteiger partial charge in [-0.05, 0) is 36.8 Å². The fraction of sp³-hybridized carbons (Fsp3) is 0.350. The van der Waals surface area contributed by atoms with Gasteiger partial charge in [0.15, 0.2) is 0 Å². The molecule has 2 aromatic rings. The maximum absolute atomic E-state index is 12.8. The van der Waals surface area contributed by atoms with Gasteiger partial charge < -0.3 is 25.1 Å². The van der Waals surface area contributed by atoms with E-state index in [1.807, 2.05) is 0 Å². The molecule has 1 aromatic heterocycles. The molecule has 1 fully saturated rings. The van der Waals surface area contributed by atoms with E-state index in [0.29, 0.717) is 30.2 Å². The fourth-order valence-corrected chi connectivity index (χ4v) is 4.36. The van der Waals surface area contributed by atoms with E-state index in [1.165, 1.54) is 22.7 Å². The monoisotopic (exact) mass is 464 g/mol. The number of nitrogens with one attached hydrogen (secondary N) is 3. The molecule has 172 valence electrons. The van der Waals surface area contributed by atoms with Gasteiger partial charge in [-0.25, -0.2) is 8.42 Å². The summed E-state index contributed by atoms with van der Waals surface area (Å²) in [4.78, 5) is 35.9.